The molecule has 1 saturated carbocycles. The summed E-state index contributed by atoms with van der Waals surface area (Å²) in [5.41, 5.74) is 1.16. The normalized spacial score (nSPS) is 22.3. The number of Topliss-reactive ketones (excluding diaryl/α,β-unsaturated/α-hetero) is 1. The minimum absolute atomic E-state index is 0.113. The fourth-order valence-corrected chi connectivity index (χ4v) is 3.13. The van der Waals surface area contributed by atoms with E-state index in [0.29, 0.717) is 11.7 Å². The number of carbonyl (C=O) groups is 1. The van der Waals surface area contributed by atoms with Gasteiger partial charge in [0.15, 0.2) is 0 Å². The summed E-state index contributed by atoms with van der Waals surface area (Å²) in [6, 6.07) is 8.18. The van der Waals surface area contributed by atoms with E-state index in [1.807, 2.05) is 12.1 Å². The second kappa shape index (κ2) is 8.21. The zero-order valence-electron chi connectivity index (χ0n) is 13.4. The van der Waals surface area contributed by atoms with Crippen molar-refractivity contribution in [2.24, 2.45) is 5.92 Å². The van der Waals surface area contributed by atoms with Crippen molar-refractivity contribution in [3.8, 4) is 5.75 Å². The minimum atomic E-state index is 0.113. The molecule has 0 radical (unpaired) electrons. The molecule has 0 saturated heterocycles. The Morgan fingerprint density at radius 1 is 1.10 bits per heavy atom. The number of hydrogen-bond donors (Lipinski definition) is 0. The number of unbranched alkanes of at least 4 members (excludes halogenated alkanes) is 2. The lowest BCUT2D eigenvalue weighted by Gasteiger charge is -2.27. The van der Waals surface area contributed by atoms with Gasteiger partial charge in [0.25, 0.3) is 0 Å². The maximum absolute atomic E-state index is 12.3. The number of ketones is 1. The summed E-state index contributed by atoms with van der Waals surface area (Å²) in [7, 11) is 0. The first-order valence-corrected chi connectivity index (χ1v) is 8.50. The average Bonchev–Trinajstić information content (AvgIpc) is 2.52. The molecule has 0 heterocycles. The lowest BCUT2D eigenvalue weighted by molar-refractivity contribution is -0.123. The van der Waals surface area contributed by atoms with Crippen LogP contribution in [0.4, 0.5) is 0 Å². The largest absolute Gasteiger partial charge is 0.494 e. The lowest BCUT2D eigenvalue weighted by Crippen LogP contribution is -2.23. The predicted molar refractivity (Wildman–Crippen MR) is 86.8 cm³/mol. The molecule has 0 N–H and O–H groups in total. The van der Waals surface area contributed by atoms with Gasteiger partial charge in [-0.2, -0.15) is 0 Å². The predicted octanol–water partition coefficient (Wildman–Crippen LogP) is 5.12. The topological polar surface area (TPSA) is 26.3 Å². The van der Waals surface area contributed by atoms with Gasteiger partial charge >= 0.3 is 0 Å². The van der Waals surface area contributed by atoms with Crippen LogP contribution in [0.3, 0.4) is 0 Å². The van der Waals surface area contributed by atoms with Gasteiger partial charge in [0.05, 0.1) is 6.61 Å². The summed E-state index contributed by atoms with van der Waals surface area (Å²) < 4.78 is 5.73. The Balaban J connectivity index is 1.88. The van der Waals surface area contributed by atoms with Gasteiger partial charge in [0.2, 0.25) is 0 Å². The molecule has 0 aliphatic heterocycles. The first-order valence-electron chi connectivity index (χ1n) is 8.50. The highest BCUT2D eigenvalue weighted by atomic mass is 16.5. The van der Waals surface area contributed by atoms with Crippen LogP contribution in [0.5, 0.6) is 5.75 Å². The maximum atomic E-state index is 12.3. The standard InChI is InChI=1S/C19H28O2/c1-3-5-6-13-21-17-10-8-16(9-11-17)18-12-7-15(4-2)14-19(18)20/h8-11,15,18H,3-7,12-14H2,1-2H3/t15-,18+/m1/s1. The van der Waals surface area contributed by atoms with Crippen LogP contribution in [0.25, 0.3) is 0 Å². The zero-order chi connectivity index (χ0) is 15.1. The van der Waals surface area contributed by atoms with E-state index < -0.39 is 0 Å². The number of hydrogen-bond acceptors (Lipinski definition) is 2. The Labute approximate surface area is 128 Å². The van der Waals surface area contributed by atoms with E-state index >= 15 is 0 Å². The Hall–Kier alpha value is -1.31. The van der Waals surface area contributed by atoms with Gasteiger partial charge in [-0.05, 0) is 42.9 Å². The summed E-state index contributed by atoms with van der Waals surface area (Å²) in [6.45, 7) is 5.16. The van der Waals surface area contributed by atoms with Gasteiger partial charge in [-0.1, -0.05) is 45.2 Å². The fraction of sp³-hybridized carbons (Fsp3) is 0.632. The third-order valence-corrected chi connectivity index (χ3v) is 4.62. The van der Waals surface area contributed by atoms with Crippen molar-refractivity contribution in [3.63, 3.8) is 0 Å². The quantitative estimate of drug-likeness (QED) is 0.651. The summed E-state index contributed by atoms with van der Waals surface area (Å²) in [5, 5.41) is 0. The molecule has 2 rings (SSSR count). The van der Waals surface area contributed by atoms with Crippen molar-refractivity contribution in [2.75, 3.05) is 6.61 Å². The van der Waals surface area contributed by atoms with E-state index in [1.165, 1.54) is 19.3 Å². The summed E-state index contributed by atoms with van der Waals surface area (Å²) >= 11 is 0. The second-order valence-electron chi connectivity index (χ2n) is 6.20. The first-order chi connectivity index (χ1) is 10.2. The Morgan fingerprint density at radius 2 is 1.86 bits per heavy atom. The number of carbonyl (C=O) groups excluding carboxylic acids is 1. The van der Waals surface area contributed by atoms with E-state index in [-0.39, 0.29) is 5.92 Å². The van der Waals surface area contributed by atoms with Crippen LogP contribution >= 0.6 is 0 Å². The highest BCUT2D eigenvalue weighted by molar-refractivity contribution is 5.86. The summed E-state index contributed by atoms with van der Waals surface area (Å²) in [5.74, 6) is 2.06. The van der Waals surface area contributed by atoms with Crippen molar-refractivity contribution in [2.45, 2.75) is 64.7 Å². The van der Waals surface area contributed by atoms with Crippen LogP contribution in [0.2, 0.25) is 0 Å². The van der Waals surface area contributed by atoms with Gasteiger partial charge < -0.3 is 4.74 Å². The van der Waals surface area contributed by atoms with Crippen LogP contribution in [0.1, 0.15) is 70.3 Å². The van der Waals surface area contributed by atoms with E-state index in [4.69, 9.17) is 4.74 Å². The number of rotatable bonds is 7. The molecule has 21 heavy (non-hydrogen) atoms. The average molecular weight is 288 g/mol. The van der Waals surface area contributed by atoms with E-state index in [9.17, 15) is 4.79 Å². The smallest absolute Gasteiger partial charge is 0.140 e. The molecule has 1 aliphatic carbocycles. The molecule has 2 atom stereocenters. The van der Waals surface area contributed by atoms with E-state index in [1.54, 1.807) is 0 Å². The maximum Gasteiger partial charge on any atom is 0.140 e. The van der Waals surface area contributed by atoms with Crippen LogP contribution < -0.4 is 4.74 Å². The Morgan fingerprint density at radius 3 is 2.48 bits per heavy atom. The molecular formula is C19H28O2. The van der Waals surface area contributed by atoms with Crippen molar-refractivity contribution in [1.82, 2.24) is 0 Å². The van der Waals surface area contributed by atoms with Gasteiger partial charge in [0, 0.05) is 12.3 Å². The molecule has 0 unspecified atom stereocenters. The molecule has 0 spiro atoms. The van der Waals surface area contributed by atoms with Gasteiger partial charge in [-0.15, -0.1) is 0 Å². The Kier molecular flexibility index (Phi) is 6.28. The minimum Gasteiger partial charge on any atom is -0.494 e. The number of ether oxygens (including phenoxy) is 1. The van der Waals surface area contributed by atoms with Gasteiger partial charge in [-0.25, -0.2) is 0 Å². The molecule has 1 fully saturated rings. The molecule has 1 aromatic carbocycles. The summed E-state index contributed by atoms with van der Waals surface area (Å²) in [6.07, 6.45) is 7.62. The SMILES string of the molecule is CCCCCOc1ccc([C@@H]2CC[C@@H](CC)CC2=O)cc1. The molecule has 0 bridgehead atoms. The van der Waals surface area contributed by atoms with Gasteiger partial charge in [-0.3, -0.25) is 4.79 Å². The highest BCUT2D eigenvalue weighted by Crippen LogP contribution is 2.34. The van der Waals surface area contributed by atoms with Crippen LogP contribution in [-0.4, -0.2) is 12.4 Å². The highest BCUT2D eigenvalue weighted by Gasteiger charge is 2.28. The zero-order valence-corrected chi connectivity index (χ0v) is 13.4. The van der Waals surface area contributed by atoms with Gasteiger partial charge in [0.1, 0.15) is 11.5 Å². The first kappa shape index (κ1) is 16.1. The molecule has 2 nitrogen and oxygen atoms in total. The van der Waals surface area contributed by atoms with E-state index in [0.717, 1.165) is 43.6 Å². The van der Waals surface area contributed by atoms with Crippen LogP contribution in [0.15, 0.2) is 24.3 Å². The molecule has 2 heteroatoms. The van der Waals surface area contributed by atoms with Crippen molar-refractivity contribution < 1.29 is 9.53 Å². The van der Waals surface area contributed by atoms with Crippen molar-refractivity contribution in [3.05, 3.63) is 29.8 Å². The second-order valence-corrected chi connectivity index (χ2v) is 6.20. The molecule has 0 amide bonds. The van der Waals surface area contributed by atoms with Crippen molar-refractivity contribution >= 4 is 5.78 Å². The lowest BCUT2D eigenvalue weighted by atomic mass is 9.77. The molecular weight excluding hydrogens is 260 g/mol. The molecule has 116 valence electrons. The molecule has 1 aliphatic rings. The molecule has 1 aromatic rings. The van der Waals surface area contributed by atoms with Crippen LogP contribution in [0, 0.1) is 5.92 Å². The monoisotopic (exact) mass is 288 g/mol. The fourth-order valence-electron chi connectivity index (χ4n) is 3.13. The van der Waals surface area contributed by atoms with Crippen molar-refractivity contribution in [1.29, 1.82) is 0 Å². The Bertz CT molecular complexity index is 435. The third kappa shape index (κ3) is 4.59. The van der Waals surface area contributed by atoms with E-state index in [2.05, 4.69) is 26.0 Å². The number of benzene rings is 1. The molecule has 0 aromatic heterocycles. The third-order valence-electron chi connectivity index (χ3n) is 4.62. The summed E-state index contributed by atoms with van der Waals surface area (Å²) in [4.78, 5) is 12.3. The van der Waals surface area contributed by atoms with Crippen LogP contribution in [-0.2, 0) is 4.79 Å².